The number of ether oxygens (including phenoxy) is 7. The molecule has 376 valence electrons. The molecule has 0 atom stereocenters. The van der Waals surface area contributed by atoms with Crippen LogP contribution in [0.25, 0.3) is 0 Å². The third-order valence-corrected chi connectivity index (χ3v) is 17.0. The lowest BCUT2D eigenvalue weighted by Crippen LogP contribution is -2.22. The van der Waals surface area contributed by atoms with Crippen molar-refractivity contribution in [1.29, 1.82) is 0 Å². The van der Waals surface area contributed by atoms with Crippen LogP contribution in [0.2, 0.25) is 92.5 Å². The van der Waals surface area contributed by atoms with Gasteiger partial charge in [0, 0.05) is 44.0 Å². The minimum Gasteiger partial charge on any atom is -0.465 e. The molecule has 4 aromatic rings. The molecule has 0 fully saturated rings. The molecule has 0 unspecified atom stereocenters. The van der Waals surface area contributed by atoms with Crippen molar-refractivity contribution in [3.8, 4) is 24.0 Å². The topological polar surface area (TPSA) is 181 Å². The lowest BCUT2D eigenvalue weighted by molar-refractivity contribution is 0.0777. The Morgan fingerprint density at radius 3 is 1.30 bits per heavy atom. The Morgan fingerprint density at radius 1 is 0.530 bits per heavy atom. The second kappa shape index (κ2) is 31.4. The predicted octanol–water partition coefficient (Wildman–Crippen LogP) is 12.5. The van der Waals surface area contributed by atoms with Crippen LogP contribution in [0.15, 0.2) is 13.8 Å². The maximum absolute atomic E-state index is 10.8. The van der Waals surface area contributed by atoms with E-state index in [-0.39, 0.29) is 34.4 Å². The van der Waals surface area contributed by atoms with Crippen LogP contribution in [0.1, 0.15) is 48.7 Å². The zero-order valence-corrected chi connectivity index (χ0v) is 50.4. The first-order valence-corrected chi connectivity index (χ1v) is 36.0. The summed E-state index contributed by atoms with van der Waals surface area (Å²) >= 11 is 27.8. The summed E-state index contributed by atoms with van der Waals surface area (Å²) in [7, 11) is -3.20. The fourth-order valence-corrected chi connectivity index (χ4v) is 8.45. The van der Waals surface area contributed by atoms with Gasteiger partial charge in [0.2, 0.25) is 0 Å². The molecule has 0 amide bonds. The van der Waals surface area contributed by atoms with E-state index in [1.807, 2.05) is 32.3 Å². The summed E-state index contributed by atoms with van der Waals surface area (Å²) in [6.07, 6.45) is 1.19. The van der Waals surface area contributed by atoms with Gasteiger partial charge >= 0.3 is 6.01 Å². The lowest BCUT2D eigenvalue weighted by Gasteiger charge is -2.16. The second-order valence-corrected chi connectivity index (χ2v) is 37.8. The smallest absolute Gasteiger partial charge is 0.300 e. The summed E-state index contributed by atoms with van der Waals surface area (Å²) in [5.74, 6) is 0. The average molecular weight is 1240 g/mol. The van der Waals surface area contributed by atoms with Gasteiger partial charge in [-0.05, 0) is 93.6 Å². The first kappa shape index (κ1) is 62.2. The van der Waals surface area contributed by atoms with Crippen LogP contribution in [0.5, 0.6) is 24.0 Å². The Kier molecular flexibility index (Phi) is 29.7. The maximum Gasteiger partial charge on any atom is 0.300 e. The molecule has 0 saturated carbocycles. The third kappa shape index (κ3) is 24.2. The van der Waals surface area contributed by atoms with Crippen molar-refractivity contribution >= 4 is 119 Å². The van der Waals surface area contributed by atoms with Crippen LogP contribution in [0.4, 0.5) is 0 Å². The van der Waals surface area contributed by atoms with E-state index >= 15 is 0 Å². The molecule has 4 aromatic heterocycles. The molecule has 0 aliphatic carbocycles. The van der Waals surface area contributed by atoms with Gasteiger partial charge in [0.25, 0.3) is 18.0 Å². The Balaban J connectivity index is 0.000000447. The molecule has 66 heavy (non-hydrogen) atoms. The Morgan fingerprint density at radius 2 is 0.909 bits per heavy atom. The van der Waals surface area contributed by atoms with Crippen LogP contribution >= 0.6 is 82.6 Å². The number of carbonyl (C=O) groups excluding carboxylic acids is 2. The molecule has 1 N–H and O–H groups in total. The molecule has 4 heterocycles. The second-order valence-electron chi connectivity index (χ2n) is 17.6. The molecule has 0 saturated heterocycles. The molecule has 0 spiro atoms. The van der Waals surface area contributed by atoms with Gasteiger partial charge in [-0.15, -0.1) is 0 Å². The summed E-state index contributed by atoms with van der Waals surface area (Å²) in [6, 6.07) is 5.02. The van der Waals surface area contributed by atoms with Crippen molar-refractivity contribution in [2.45, 2.75) is 125 Å². The van der Waals surface area contributed by atoms with E-state index < -0.39 is 24.2 Å². The fourth-order valence-electron chi connectivity index (χ4n) is 4.56. The highest BCUT2D eigenvalue weighted by molar-refractivity contribution is 9.13. The summed E-state index contributed by atoms with van der Waals surface area (Å²) in [5.41, 5.74) is 0.356. The number of aldehydes is 2. The van der Waals surface area contributed by atoms with Crippen molar-refractivity contribution in [1.82, 2.24) is 38.6 Å². The molecule has 0 aromatic carbocycles. The highest BCUT2D eigenvalue weighted by atomic mass is 79.9. The largest absolute Gasteiger partial charge is 0.465 e. The molecule has 4 rings (SSSR count). The van der Waals surface area contributed by atoms with Crippen LogP contribution in [-0.4, -0.2) is 122 Å². The number of imidazole rings is 4. The lowest BCUT2D eigenvalue weighted by atomic mass is 10.5. The number of aromatic nitrogens is 8. The standard InChI is InChI=1S/C12H21ClN2O3Si.C11H20Br2N2O2Si.C11H20BrClN2O2Si.C6H7ClN2O2/c1-5-18-12-14-10(8-16)11(13)15(12)9-17-6-7-19(2,3)4;2*1-5-17-11-14-9(12)10(13)15(11)8-16-6-7-18(2,3)4;1-2-11-6-8-4(3-10)5(7)9-6/h8H,5-7,9H2,1-4H3;2*5-8H2,1-4H3;3H,2H2,1H3,(H,8,9). The summed E-state index contributed by atoms with van der Waals surface area (Å²) in [5, 5.41) is 0.973. The normalized spacial score (nSPS) is 11.4. The van der Waals surface area contributed by atoms with E-state index in [9.17, 15) is 9.59 Å². The number of nitrogens with zero attached hydrogens (tertiary/aromatic N) is 7. The molecule has 0 aliphatic heterocycles. The SMILES string of the molecule is CCOc1nc(Br)c(Br)n1COCC[Si](C)(C)C.CCOc1nc(Br)c(Cl)n1COCC[Si](C)(C)C.CCOc1nc(C=O)c(Cl)[nH]1.CCOc1nc(C=O)c(Cl)n1COCC[Si](C)(C)C. The zero-order chi connectivity index (χ0) is 50.3. The number of nitrogens with one attached hydrogen (secondary N) is 1. The molecule has 0 bridgehead atoms. The summed E-state index contributed by atoms with van der Waals surface area (Å²) in [4.78, 5) is 39.8. The van der Waals surface area contributed by atoms with Gasteiger partial charge in [-0.3, -0.25) is 28.3 Å². The number of rotatable bonds is 25. The number of carbonyl (C=O) groups is 2. The van der Waals surface area contributed by atoms with Crippen LogP contribution in [-0.2, 0) is 34.4 Å². The van der Waals surface area contributed by atoms with Crippen molar-refractivity contribution < 1.29 is 42.7 Å². The Labute approximate surface area is 433 Å². The van der Waals surface area contributed by atoms with Gasteiger partial charge in [-0.1, -0.05) is 93.7 Å². The van der Waals surface area contributed by atoms with Crippen LogP contribution in [0.3, 0.4) is 0 Å². The minimum absolute atomic E-state index is 0.176. The third-order valence-electron chi connectivity index (χ3n) is 8.20. The maximum atomic E-state index is 10.8. The molecular weight excluding hydrogens is 1170 g/mol. The first-order valence-electron chi connectivity index (χ1n) is 21.4. The summed E-state index contributed by atoms with van der Waals surface area (Å²) < 4.78 is 45.4. The monoisotopic (exact) mass is 1230 g/mol. The molecule has 26 heteroatoms. The van der Waals surface area contributed by atoms with Crippen molar-refractivity contribution in [2.24, 2.45) is 0 Å². The van der Waals surface area contributed by atoms with Gasteiger partial charge in [0.1, 0.15) is 60.8 Å². The first-order chi connectivity index (χ1) is 30.9. The number of halogens is 6. The van der Waals surface area contributed by atoms with Gasteiger partial charge in [0.05, 0.1) is 26.4 Å². The zero-order valence-electron chi connectivity index (χ0n) is 40.4. The van der Waals surface area contributed by atoms with E-state index in [4.69, 9.17) is 68.0 Å². The van der Waals surface area contributed by atoms with Crippen LogP contribution < -0.4 is 18.9 Å². The van der Waals surface area contributed by atoms with E-state index in [1.165, 1.54) is 0 Å². The Hall–Kier alpha value is -1.78. The van der Waals surface area contributed by atoms with Gasteiger partial charge in [-0.25, -0.2) is 0 Å². The van der Waals surface area contributed by atoms with E-state index in [2.05, 4.69) is 132 Å². The minimum atomic E-state index is -1.11. The average Bonchev–Trinajstić information content (AvgIpc) is 3.91. The summed E-state index contributed by atoms with van der Waals surface area (Å²) in [6.45, 7) is 33.7. The molecule has 0 radical (unpaired) electrons. The predicted molar refractivity (Wildman–Crippen MR) is 281 cm³/mol. The van der Waals surface area contributed by atoms with Gasteiger partial charge in [0.15, 0.2) is 12.6 Å². The molecule has 0 aliphatic rings. The molecule has 17 nitrogen and oxygen atoms in total. The number of hydrogen-bond acceptors (Lipinski definition) is 13. The fraction of sp³-hybridized carbons (Fsp3) is 0.650. The van der Waals surface area contributed by atoms with Gasteiger partial charge < -0.3 is 33.2 Å². The highest BCUT2D eigenvalue weighted by Crippen LogP contribution is 2.29. The number of hydrogen-bond donors (Lipinski definition) is 1. The number of aromatic amines is 1. The van der Waals surface area contributed by atoms with Crippen molar-refractivity contribution in [2.75, 3.05) is 46.2 Å². The number of H-pyrrole nitrogens is 1. The van der Waals surface area contributed by atoms with Crippen molar-refractivity contribution in [3.63, 3.8) is 0 Å². The highest BCUT2D eigenvalue weighted by Gasteiger charge is 2.20. The van der Waals surface area contributed by atoms with E-state index in [0.717, 1.165) is 40.6 Å². The van der Waals surface area contributed by atoms with Crippen LogP contribution in [0, 0.1) is 0 Å². The van der Waals surface area contributed by atoms with E-state index in [0.29, 0.717) is 86.9 Å². The van der Waals surface area contributed by atoms with Gasteiger partial charge in [-0.2, -0.15) is 19.9 Å². The quantitative estimate of drug-likeness (QED) is 0.0376. The Bertz CT molecular complexity index is 1970. The van der Waals surface area contributed by atoms with Crippen molar-refractivity contribution in [3.05, 3.63) is 40.7 Å². The molecular formula is C40H68Br3Cl3N8O9Si3. The van der Waals surface area contributed by atoms with E-state index in [1.54, 1.807) is 9.13 Å².